The number of aromatic nitrogens is 4. The van der Waals surface area contributed by atoms with Crippen molar-refractivity contribution in [2.24, 2.45) is 0 Å². The molecule has 0 aliphatic heterocycles. The van der Waals surface area contributed by atoms with E-state index < -0.39 is 0 Å². The van der Waals surface area contributed by atoms with Gasteiger partial charge in [-0.05, 0) is 60.7 Å². The highest BCUT2D eigenvalue weighted by Gasteiger charge is 2.27. The van der Waals surface area contributed by atoms with Gasteiger partial charge in [-0.3, -0.25) is 0 Å². The van der Waals surface area contributed by atoms with E-state index in [0.29, 0.717) is 0 Å². The van der Waals surface area contributed by atoms with E-state index in [0.717, 1.165) is 0 Å². The van der Waals surface area contributed by atoms with Gasteiger partial charge in [-0.15, -0.1) is 0 Å². The molecule has 52 heavy (non-hydrogen) atoms. The van der Waals surface area contributed by atoms with Gasteiger partial charge in [0.1, 0.15) is 0 Å². The lowest BCUT2D eigenvalue weighted by molar-refractivity contribution is 1.14. The van der Waals surface area contributed by atoms with Crippen molar-refractivity contribution in [3.8, 4) is 11.4 Å². The van der Waals surface area contributed by atoms with Gasteiger partial charge in [-0.2, -0.15) is 0 Å². The van der Waals surface area contributed by atoms with Crippen molar-refractivity contribution in [3.63, 3.8) is 0 Å². The molecule has 4 heteroatoms. The summed E-state index contributed by atoms with van der Waals surface area (Å²) in [6, 6.07) is 62.7. The smallest absolute Gasteiger partial charge is 0.0954 e. The number of hydrogen-bond donors (Lipinski definition) is 0. The first-order valence-corrected chi connectivity index (χ1v) is 18.0. The predicted octanol–water partition coefficient (Wildman–Crippen LogP) is 12.4. The van der Waals surface area contributed by atoms with E-state index in [4.69, 9.17) is 0 Å². The largest absolute Gasteiger partial charge is 0.307 e. The number of rotatable bonds is 2. The van der Waals surface area contributed by atoms with Crippen LogP contribution in [0, 0.1) is 0 Å². The number of para-hydroxylation sites is 6. The minimum atomic E-state index is 1.17. The highest BCUT2D eigenvalue weighted by molar-refractivity contribution is 6.25. The molecule has 13 rings (SSSR count). The first-order valence-electron chi connectivity index (χ1n) is 18.0. The van der Waals surface area contributed by atoms with Crippen molar-refractivity contribution in [2.45, 2.75) is 0 Å². The molecule has 4 nitrogen and oxygen atoms in total. The molecule has 0 saturated heterocycles. The van der Waals surface area contributed by atoms with E-state index in [1.54, 1.807) is 0 Å². The summed E-state index contributed by atoms with van der Waals surface area (Å²) in [7, 11) is 0. The van der Waals surface area contributed by atoms with Gasteiger partial charge in [0.15, 0.2) is 0 Å². The molecule has 0 bridgehead atoms. The second-order valence-corrected chi connectivity index (χ2v) is 14.1. The van der Waals surface area contributed by atoms with Crippen LogP contribution < -0.4 is 0 Å². The second kappa shape index (κ2) is 9.39. The Morgan fingerprint density at radius 1 is 0.212 bits per heavy atom. The fraction of sp³-hybridized carbons (Fsp3) is 0. The summed E-state index contributed by atoms with van der Waals surface area (Å²) in [5, 5.41) is 10.1. The van der Waals surface area contributed by atoms with Crippen LogP contribution in [0.25, 0.3) is 110 Å². The Balaban J connectivity index is 1.35. The molecule has 0 unspecified atom stereocenters. The lowest BCUT2D eigenvalue weighted by Gasteiger charge is -2.19. The SMILES string of the molecule is c1ccc2c(c1)c1ccccc1n2-c1ccc2c3ccccc3n3c4c(-n5c6ccccc6c6ccccc65)ccc5c6ccccc6n(c1c23)c54. The van der Waals surface area contributed by atoms with Crippen molar-refractivity contribution in [3.05, 3.63) is 170 Å². The summed E-state index contributed by atoms with van der Waals surface area (Å²) in [6.45, 7) is 0. The fourth-order valence-corrected chi connectivity index (χ4v) is 9.69. The highest BCUT2D eigenvalue weighted by Crippen LogP contribution is 2.46. The Kier molecular flexibility index (Phi) is 4.83. The summed E-state index contributed by atoms with van der Waals surface area (Å²) in [5.41, 5.74) is 14.5. The molecule has 0 aliphatic carbocycles. The highest BCUT2D eigenvalue weighted by atomic mass is 15.1. The molecule has 0 N–H and O–H groups in total. The van der Waals surface area contributed by atoms with Gasteiger partial charge in [0.05, 0.1) is 66.5 Å². The van der Waals surface area contributed by atoms with E-state index in [2.05, 4.69) is 188 Å². The molecule has 0 fully saturated rings. The molecule has 5 aromatic heterocycles. The molecule has 0 atom stereocenters. The maximum absolute atomic E-state index is 2.58. The van der Waals surface area contributed by atoms with E-state index in [-0.39, 0.29) is 0 Å². The standard InChI is InChI=1S/C48H28N4/c1-7-19-37-29(13-1)30-14-2-8-20-38(30)49(37)43-27-25-35-33-17-6-12-24-42(33)52-45(35)47(43)51-41-23-11-5-18-34(41)36-26-28-44(48(52)46(36)51)50-39-21-9-3-15-31(39)32-16-4-10-22-40(32)50/h1-28H. The predicted molar refractivity (Wildman–Crippen MR) is 218 cm³/mol. The summed E-state index contributed by atoms with van der Waals surface area (Å²) < 4.78 is 10.1. The lowest BCUT2D eigenvalue weighted by atomic mass is 10.1. The molecule has 240 valence electrons. The quantitative estimate of drug-likeness (QED) is 0.164. The van der Waals surface area contributed by atoms with E-state index in [1.807, 2.05) is 0 Å². The van der Waals surface area contributed by atoms with E-state index >= 15 is 0 Å². The summed E-state index contributed by atoms with van der Waals surface area (Å²) in [4.78, 5) is 0. The van der Waals surface area contributed by atoms with Gasteiger partial charge < -0.3 is 17.9 Å². The van der Waals surface area contributed by atoms with Crippen LogP contribution in [0.3, 0.4) is 0 Å². The maximum Gasteiger partial charge on any atom is 0.0954 e. The molecule has 13 aromatic rings. The number of fused-ring (bicyclic) bond motifs is 14. The molecule has 0 spiro atoms. The summed E-state index contributed by atoms with van der Waals surface area (Å²) >= 11 is 0. The van der Waals surface area contributed by atoms with Gasteiger partial charge in [0.25, 0.3) is 0 Å². The van der Waals surface area contributed by atoms with Gasteiger partial charge in [-0.1, -0.05) is 109 Å². The zero-order valence-electron chi connectivity index (χ0n) is 28.0. The Morgan fingerprint density at radius 2 is 0.481 bits per heavy atom. The van der Waals surface area contributed by atoms with Crippen molar-refractivity contribution in [1.82, 2.24) is 17.9 Å². The molecule has 0 aliphatic rings. The minimum Gasteiger partial charge on any atom is -0.307 e. The third-order valence-electron chi connectivity index (χ3n) is 11.7. The average Bonchev–Trinajstić information content (AvgIpc) is 3.93. The van der Waals surface area contributed by atoms with Crippen LogP contribution in [0.15, 0.2) is 170 Å². The van der Waals surface area contributed by atoms with Gasteiger partial charge in [0.2, 0.25) is 0 Å². The first kappa shape index (κ1) is 26.8. The van der Waals surface area contributed by atoms with Crippen LogP contribution >= 0.6 is 0 Å². The van der Waals surface area contributed by atoms with Crippen LogP contribution in [0.1, 0.15) is 0 Å². The normalized spacial score (nSPS) is 12.6. The van der Waals surface area contributed by atoms with Crippen LogP contribution in [-0.2, 0) is 0 Å². The molecule has 8 aromatic carbocycles. The third kappa shape index (κ3) is 3.07. The van der Waals surface area contributed by atoms with Crippen LogP contribution in [0.4, 0.5) is 0 Å². The Labute approximate surface area is 296 Å². The minimum absolute atomic E-state index is 1.17. The zero-order valence-corrected chi connectivity index (χ0v) is 28.0. The Hall–Kier alpha value is -7.04. The third-order valence-corrected chi connectivity index (χ3v) is 11.7. The molecule has 0 amide bonds. The molecule has 0 radical (unpaired) electrons. The zero-order chi connectivity index (χ0) is 33.7. The van der Waals surface area contributed by atoms with Crippen LogP contribution in [-0.4, -0.2) is 17.9 Å². The Bertz CT molecular complexity index is 3290. The van der Waals surface area contributed by atoms with Crippen LogP contribution in [0.2, 0.25) is 0 Å². The molecular weight excluding hydrogens is 633 g/mol. The number of nitrogens with zero attached hydrogens (tertiary/aromatic N) is 4. The monoisotopic (exact) mass is 660 g/mol. The van der Waals surface area contributed by atoms with E-state index in [9.17, 15) is 0 Å². The van der Waals surface area contributed by atoms with E-state index in [1.165, 1.54) is 110 Å². The summed E-state index contributed by atoms with van der Waals surface area (Å²) in [5.74, 6) is 0. The number of benzene rings is 8. The van der Waals surface area contributed by atoms with Crippen molar-refractivity contribution in [2.75, 3.05) is 0 Å². The molecule has 0 saturated carbocycles. The van der Waals surface area contributed by atoms with Crippen molar-refractivity contribution < 1.29 is 0 Å². The molecular formula is C48H28N4. The van der Waals surface area contributed by atoms with Gasteiger partial charge in [-0.25, -0.2) is 0 Å². The van der Waals surface area contributed by atoms with Crippen LogP contribution in [0.5, 0.6) is 0 Å². The number of hydrogen-bond acceptors (Lipinski definition) is 0. The van der Waals surface area contributed by atoms with Gasteiger partial charge >= 0.3 is 0 Å². The topological polar surface area (TPSA) is 18.7 Å². The average molecular weight is 661 g/mol. The fourth-order valence-electron chi connectivity index (χ4n) is 9.69. The van der Waals surface area contributed by atoms with Gasteiger partial charge in [0, 0.05) is 43.1 Å². The first-order chi connectivity index (χ1) is 25.9. The lowest BCUT2D eigenvalue weighted by Crippen LogP contribution is -2.06. The Morgan fingerprint density at radius 3 is 0.808 bits per heavy atom. The second-order valence-electron chi connectivity index (χ2n) is 14.1. The van der Waals surface area contributed by atoms with Crippen molar-refractivity contribution >= 4 is 98.3 Å². The maximum atomic E-state index is 2.58. The van der Waals surface area contributed by atoms with Crippen molar-refractivity contribution in [1.29, 1.82) is 0 Å². The summed E-state index contributed by atoms with van der Waals surface area (Å²) in [6.07, 6.45) is 0. The molecule has 5 heterocycles.